The lowest BCUT2D eigenvalue weighted by Gasteiger charge is -2.32. The van der Waals surface area contributed by atoms with Gasteiger partial charge in [0.05, 0.1) is 29.8 Å². The molecule has 0 aromatic heterocycles. The van der Waals surface area contributed by atoms with Crippen LogP contribution in [-0.2, 0) is 14.3 Å². The summed E-state index contributed by atoms with van der Waals surface area (Å²) in [4.78, 5) is 38.1. The first kappa shape index (κ1) is 18.5. The van der Waals surface area contributed by atoms with Gasteiger partial charge in [0.1, 0.15) is 6.42 Å². The predicted molar refractivity (Wildman–Crippen MR) is 90.6 cm³/mol. The number of nitrogens with one attached hydrogen (secondary N) is 1. The number of ether oxygens (including phenoxy) is 1. The fraction of sp³-hybridized carbons (Fsp3) is 0.444. The molecule has 7 nitrogen and oxygen atoms in total. The maximum atomic E-state index is 12.8. The largest absolute Gasteiger partial charge is 0.466 e. The van der Waals surface area contributed by atoms with Crippen molar-refractivity contribution in [3.63, 3.8) is 0 Å². The molecule has 0 bridgehead atoms. The maximum absolute atomic E-state index is 12.8. The Labute approximate surface area is 146 Å². The van der Waals surface area contributed by atoms with E-state index in [-0.39, 0.29) is 24.2 Å². The highest BCUT2D eigenvalue weighted by Crippen LogP contribution is 2.23. The van der Waals surface area contributed by atoms with E-state index in [0.717, 1.165) is 6.42 Å². The molecule has 1 saturated heterocycles. The van der Waals surface area contributed by atoms with E-state index in [0.29, 0.717) is 37.4 Å². The fourth-order valence-corrected chi connectivity index (χ4v) is 2.83. The highest BCUT2D eigenvalue weighted by Gasteiger charge is 2.30. The minimum absolute atomic E-state index is 0.248. The second kappa shape index (κ2) is 8.83. The van der Waals surface area contributed by atoms with Crippen LogP contribution in [0.4, 0.5) is 5.69 Å². The topological polar surface area (TPSA) is 99.5 Å². The first-order chi connectivity index (χ1) is 12.1. The Kier molecular flexibility index (Phi) is 6.52. The Bertz CT molecular complexity index is 696. The summed E-state index contributed by atoms with van der Waals surface area (Å²) in [6.07, 6.45) is 1.14. The number of likely N-dealkylation sites (tertiary alicyclic amines) is 1. The first-order valence-electron chi connectivity index (χ1n) is 8.28. The molecular formula is C18H21N3O4. The van der Waals surface area contributed by atoms with Gasteiger partial charge in [0.25, 0.3) is 5.91 Å². The minimum Gasteiger partial charge on any atom is -0.466 e. The van der Waals surface area contributed by atoms with Crippen molar-refractivity contribution >= 4 is 23.5 Å². The van der Waals surface area contributed by atoms with E-state index in [1.54, 1.807) is 42.2 Å². The molecule has 132 valence electrons. The maximum Gasteiger partial charge on any atom is 0.310 e. The van der Waals surface area contributed by atoms with E-state index in [1.807, 2.05) is 0 Å². The molecule has 1 aliphatic rings. The summed E-state index contributed by atoms with van der Waals surface area (Å²) in [5, 5.41) is 11.2. The number of amides is 2. The molecule has 0 saturated carbocycles. The highest BCUT2D eigenvalue weighted by molar-refractivity contribution is 6.04. The Morgan fingerprint density at radius 1 is 1.36 bits per heavy atom. The number of carbonyl (C=O) groups is 3. The lowest BCUT2D eigenvalue weighted by molar-refractivity contribution is -0.149. The Morgan fingerprint density at radius 3 is 2.84 bits per heavy atom. The molecule has 2 rings (SSSR count). The van der Waals surface area contributed by atoms with E-state index in [9.17, 15) is 14.4 Å². The summed E-state index contributed by atoms with van der Waals surface area (Å²) < 4.78 is 5.05. The quantitative estimate of drug-likeness (QED) is 0.824. The number of rotatable bonds is 5. The van der Waals surface area contributed by atoms with Crippen molar-refractivity contribution in [3.8, 4) is 6.07 Å². The van der Waals surface area contributed by atoms with Gasteiger partial charge in [0.2, 0.25) is 5.91 Å². The number of carbonyl (C=O) groups excluding carboxylic acids is 3. The van der Waals surface area contributed by atoms with E-state index in [1.165, 1.54) is 0 Å². The van der Waals surface area contributed by atoms with Crippen molar-refractivity contribution in [3.05, 3.63) is 29.8 Å². The van der Waals surface area contributed by atoms with Crippen LogP contribution in [0.1, 0.15) is 36.5 Å². The van der Waals surface area contributed by atoms with Gasteiger partial charge in [-0.25, -0.2) is 0 Å². The van der Waals surface area contributed by atoms with Crippen molar-refractivity contribution in [2.24, 2.45) is 5.92 Å². The monoisotopic (exact) mass is 343 g/mol. The normalized spacial score (nSPS) is 16.6. The van der Waals surface area contributed by atoms with Crippen molar-refractivity contribution in [1.29, 1.82) is 5.26 Å². The van der Waals surface area contributed by atoms with E-state index < -0.39 is 5.91 Å². The zero-order valence-electron chi connectivity index (χ0n) is 14.2. The molecule has 1 unspecified atom stereocenters. The van der Waals surface area contributed by atoms with Gasteiger partial charge in [-0.15, -0.1) is 0 Å². The second-order valence-electron chi connectivity index (χ2n) is 5.77. The van der Waals surface area contributed by atoms with Crippen LogP contribution in [0, 0.1) is 17.2 Å². The van der Waals surface area contributed by atoms with Crippen molar-refractivity contribution < 1.29 is 19.1 Å². The predicted octanol–water partition coefficient (Wildman–Crippen LogP) is 1.95. The Morgan fingerprint density at radius 2 is 2.12 bits per heavy atom. The van der Waals surface area contributed by atoms with Crippen molar-refractivity contribution in [2.75, 3.05) is 25.0 Å². The molecule has 1 fully saturated rings. The number of piperidine rings is 1. The summed E-state index contributed by atoms with van der Waals surface area (Å²) in [5.41, 5.74) is 0.712. The molecule has 2 amide bonds. The number of hydrogen-bond donors (Lipinski definition) is 1. The van der Waals surface area contributed by atoms with Gasteiger partial charge < -0.3 is 15.0 Å². The molecule has 7 heteroatoms. The van der Waals surface area contributed by atoms with E-state index in [4.69, 9.17) is 10.00 Å². The molecule has 1 aliphatic heterocycles. The van der Waals surface area contributed by atoms with Gasteiger partial charge in [0.15, 0.2) is 0 Å². The molecule has 1 N–H and O–H groups in total. The minimum atomic E-state index is -0.467. The van der Waals surface area contributed by atoms with Gasteiger partial charge in [-0.2, -0.15) is 5.26 Å². The number of anilines is 1. The zero-order valence-corrected chi connectivity index (χ0v) is 14.2. The Hall–Kier alpha value is -2.88. The summed E-state index contributed by atoms with van der Waals surface area (Å²) in [5.74, 6) is -1.32. The molecule has 0 aliphatic carbocycles. The summed E-state index contributed by atoms with van der Waals surface area (Å²) >= 11 is 0. The number of esters is 1. The zero-order chi connectivity index (χ0) is 18.2. The van der Waals surface area contributed by atoms with Gasteiger partial charge in [0, 0.05) is 13.1 Å². The lowest BCUT2D eigenvalue weighted by Crippen LogP contribution is -2.43. The first-order valence-corrected chi connectivity index (χ1v) is 8.28. The molecule has 1 heterocycles. The fourth-order valence-electron chi connectivity index (χ4n) is 2.83. The Balaban J connectivity index is 2.13. The third kappa shape index (κ3) is 4.80. The van der Waals surface area contributed by atoms with Crippen molar-refractivity contribution in [1.82, 2.24) is 4.90 Å². The third-order valence-electron chi connectivity index (χ3n) is 4.00. The number of nitriles is 1. The average Bonchev–Trinajstić information content (AvgIpc) is 2.62. The van der Waals surface area contributed by atoms with Crippen molar-refractivity contribution in [2.45, 2.75) is 26.2 Å². The van der Waals surface area contributed by atoms with Crippen LogP contribution in [0.2, 0.25) is 0 Å². The van der Waals surface area contributed by atoms with Crippen LogP contribution in [0.25, 0.3) is 0 Å². The van der Waals surface area contributed by atoms with Crippen LogP contribution in [-0.4, -0.2) is 42.4 Å². The molecular weight excluding hydrogens is 322 g/mol. The number of para-hydroxylation sites is 1. The SMILES string of the molecule is CCOC(=O)C1CCCN(C(=O)c2ccccc2NC(=O)CC#N)C1. The van der Waals surface area contributed by atoms with Gasteiger partial charge >= 0.3 is 5.97 Å². The van der Waals surface area contributed by atoms with Crippen LogP contribution >= 0.6 is 0 Å². The van der Waals surface area contributed by atoms with Gasteiger partial charge in [-0.3, -0.25) is 14.4 Å². The molecule has 1 atom stereocenters. The molecule has 0 radical (unpaired) electrons. The van der Waals surface area contributed by atoms with E-state index >= 15 is 0 Å². The third-order valence-corrected chi connectivity index (χ3v) is 4.00. The van der Waals surface area contributed by atoms with Crippen LogP contribution in [0.15, 0.2) is 24.3 Å². The molecule has 1 aromatic carbocycles. The summed E-state index contributed by atoms with van der Waals surface area (Å²) in [6, 6.07) is 8.43. The lowest BCUT2D eigenvalue weighted by atomic mass is 9.97. The van der Waals surface area contributed by atoms with Gasteiger partial charge in [-0.1, -0.05) is 12.1 Å². The molecule has 25 heavy (non-hydrogen) atoms. The highest BCUT2D eigenvalue weighted by atomic mass is 16.5. The van der Waals surface area contributed by atoms with Crippen LogP contribution < -0.4 is 5.32 Å². The number of benzene rings is 1. The smallest absolute Gasteiger partial charge is 0.310 e. The van der Waals surface area contributed by atoms with Crippen LogP contribution in [0.5, 0.6) is 0 Å². The average molecular weight is 343 g/mol. The summed E-state index contributed by atoms with van der Waals surface area (Å²) in [7, 11) is 0. The van der Waals surface area contributed by atoms with E-state index in [2.05, 4.69) is 5.32 Å². The number of hydrogen-bond acceptors (Lipinski definition) is 5. The molecule has 1 aromatic rings. The standard InChI is InChI=1S/C18H21N3O4/c1-2-25-18(24)13-6-5-11-21(12-13)17(23)14-7-3-4-8-15(14)20-16(22)9-10-19/h3-4,7-8,13H,2,5-6,9,11-12H2,1H3,(H,20,22). The van der Waals surface area contributed by atoms with Crippen LogP contribution in [0.3, 0.4) is 0 Å². The summed E-state index contributed by atoms with van der Waals surface area (Å²) in [6.45, 7) is 2.92. The number of nitrogens with zero attached hydrogens (tertiary/aromatic N) is 2. The van der Waals surface area contributed by atoms with Gasteiger partial charge in [-0.05, 0) is 31.9 Å². The second-order valence-corrected chi connectivity index (χ2v) is 5.77. The molecule has 0 spiro atoms.